The van der Waals surface area contributed by atoms with Gasteiger partial charge in [-0.15, -0.1) is 0 Å². The summed E-state index contributed by atoms with van der Waals surface area (Å²) in [6, 6.07) is 0. The van der Waals surface area contributed by atoms with Crippen LogP contribution in [0.3, 0.4) is 0 Å². The first-order chi connectivity index (χ1) is 14.2. The Kier molecular flexibility index (Phi) is 7.92. The van der Waals surface area contributed by atoms with Gasteiger partial charge in [0, 0.05) is 12.5 Å². The zero-order valence-electron chi connectivity index (χ0n) is 21.0. The second-order valence-corrected chi connectivity index (χ2v) is 16.0. The third-order valence-corrected chi connectivity index (χ3v) is 11.7. The second-order valence-electron chi connectivity index (χ2n) is 11.3. The van der Waals surface area contributed by atoms with E-state index in [4.69, 9.17) is 18.6 Å². The van der Waals surface area contributed by atoms with Crippen molar-refractivity contribution >= 4 is 20.4 Å². The van der Waals surface area contributed by atoms with E-state index in [1.165, 1.54) is 7.11 Å². The normalized spacial score (nSPS) is 22.8. The first-order valence-corrected chi connectivity index (χ1v) is 14.5. The Bertz CT molecular complexity index is 651. The number of carbonyl (C=O) groups excluding carboxylic acids is 2. The molecule has 1 spiro atoms. The summed E-state index contributed by atoms with van der Waals surface area (Å²) in [6.45, 7) is 17.2. The molecule has 1 heterocycles. The number of hydrogen-bond acceptors (Lipinski definition) is 6. The number of esters is 1. The highest BCUT2D eigenvalue weighted by Gasteiger charge is 2.55. The monoisotopic (exact) mass is 457 g/mol. The number of methoxy groups -OCH3 is 1. The molecule has 0 N–H and O–H groups in total. The molecule has 2 rings (SSSR count). The van der Waals surface area contributed by atoms with Crippen molar-refractivity contribution in [1.29, 1.82) is 0 Å². The van der Waals surface area contributed by atoms with Crippen LogP contribution in [0.2, 0.25) is 18.1 Å². The summed E-state index contributed by atoms with van der Waals surface area (Å²) in [5.74, 6) is -0.561. The Hall–Kier alpha value is -1.12. The van der Waals surface area contributed by atoms with Gasteiger partial charge < -0.3 is 18.6 Å². The van der Waals surface area contributed by atoms with Gasteiger partial charge in [-0.1, -0.05) is 27.2 Å². The van der Waals surface area contributed by atoms with E-state index < -0.39 is 37.7 Å². The van der Waals surface area contributed by atoms with Gasteiger partial charge in [0.1, 0.15) is 5.72 Å². The van der Waals surface area contributed by atoms with E-state index in [-0.39, 0.29) is 17.6 Å². The molecule has 1 unspecified atom stereocenters. The maximum atomic E-state index is 13.4. The maximum Gasteiger partial charge on any atom is 0.413 e. The molecule has 2 atom stereocenters. The SMILES string of the molecule is COC(=O)C(C[C@@H](C)O[Si](C)(C)C(C)(C)C)OC(=O)N1C(C)(C)COC12CCCCC2. The number of amides is 1. The molecule has 0 radical (unpaired) electrons. The first-order valence-electron chi connectivity index (χ1n) is 11.6. The van der Waals surface area contributed by atoms with Gasteiger partial charge in [0.2, 0.25) is 6.10 Å². The number of rotatable bonds is 6. The summed E-state index contributed by atoms with van der Waals surface area (Å²) < 4.78 is 23.3. The largest absolute Gasteiger partial charge is 0.466 e. The summed E-state index contributed by atoms with van der Waals surface area (Å²) in [6.07, 6.45) is 3.22. The lowest BCUT2D eigenvalue weighted by molar-refractivity contribution is -0.155. The average molecular weight is 458 g/mol. The Morgan fingerprint density at radius 1 is 1.13 bits per heavy atom. The zero-order valence-corrected chi connectivity index (χ0v) is 22.0. The number of carbonyl (C=O) groups is 2. The highest BCUT2D eigenvalue weighted by Crippen LogP contribution is 2.45. The minimum Gasteiger partial charge on any atom is -0.466 e. The van der Waals surface area contributed by atoms with E-state index >= 15 is 0 Å². The summed E-state index contributed by atoms with van der Waals surface area (Å²) in [5, 5.41) is 0.0446. The smallest absolute Gasteiger partial charge is 0.413 e. The molecule has 0 aromatic carbocycles. The predicted octanol–water partition coefficient (Wildman–Crippen LogP) is 5.24. The second kappa shape index (κ2) is 9.39. The van der Waals surface area contributed by atoms with Crippen molar-refractivity contribution in [3.63, 3.8) is 0 Å². The molecule has 31 heavy (non-hydrogen) atoms. The molecule has 1 amide bonds. The van der Waals surface area contributed by atoms with E-state index in [0.29, 0.717) is 6.61 Å². The fourth-order valence-electron chi connectivity index (χ4n) is 4.40. The molecule has 1 aliphatic heterocycles. The van der Waals surface area contributed by atoms with Crippen molar-refractivity contribution in [2.24, 2.45) is 0 Å². The van der Waals surface area contributed by atoms with Crippen LogP contribution >= 0.6 is 0 Å². The third-order valence-electron chi connectivity index (χ3n) is 7.08. The van der Waals surface area contributed by atoms with Crippen molar-refractivity contribution in [1.82, 2.24) is 4.90 Å². The summed E-state index contributed by atoms with van der Waals surface area (Å²) in [4.78, 5) is 27.6. The minimum atomic E-state index is -2.02. The Morgan fingerprint density at radius 3 is 2.23 bits per heavy atom. The standard InChI is InChI=1S/C23H43NO6Si/c1-17(30-31(8,9)21(2,3)4)15-18(19(25)27-7)29-20(26)24-22(5,6)16-28-23(24)13-11-10-12-14-23/h17-18H,10-16H2,1-9H3/t17-,18?/m1/s1. The Balaban J connectivity index is 2.16. The molecular formula is C23H43NO6Si. The molecule has 2 fully saturated rings. The van der Waals surface area contributed by atoms with Gasteiger partial charge in [0.15, 0.2) is 8.32 Å². The zero-order chi connectivity index (χ0) is 23.7. The quantitative estimate of drug-likeness (QED) is 0.401. The summed E-state index contributed by atoms with van der Waals surface area (Å²) in [7, 11) is -0.710. The van der Waals surface area contributed by atoms with E-state index in [9.17, 15) is 9.59 Å². The molecule has 8 heteroatoms. The van der Waals surface area contributed by atoms with E-state index in [2.05, 4.69) is 33.9 Å². The predicted molar refractivity (Wildman–Crippen MR) is 122 cm³/mol. The van der Waals surface area contributed by atoms with Crippen LogP contribution in [0.15, 0.2) is 0 Å². The van der Waals surface area contributed by atoms with Crippen LogP contribution in [0.1, 0.15) is 80.1 Å². The van der Waals surface area contributed by atoms with Gasteiger partial charge in [-0.05, 0) is 64.6 Å². The van der Waals surface area contributed by atoms with Crippen molar-refractivity contribution in [3.05, 3.63) is 0 Å². The molecular weight excluding hydrogens is 414 g/mol. The van der Waals surface area contributed by atoms with Crippen LogP contribution < -0.4 is 0 Å². The lowest BCUT2D eigenvalue weighted by Crippen LogP contribution is -2.57. The fraction of sp³-hybridized carbons (Fsp3) is 0.913. The van der Waals surface area contributed by atoms with Crippen molar-refractivity contribution < 1.29 is 28.2 Å². The molecule has 1 saturated heterocycles. The van der Waals surface area contributed by atoms with Crippen LogP contribution in [0.4, 0.5) is 4.79 Å². The molecule has 0 aromatic rings. The highest BCUT2D eigenvalue weighted by atomic mass is 28.4. The van der Waals surface area contributed by atoms with Gasteiger partial charge in [-0.3, -0.25) is 4.90 Å². The highest BCUT2D eigenvalue weighted by molar-refractivity contribution is 6.74. The van der Waals surface area contributed by atoms with Gasteiger partial charge in [-0.25, -0.2) is 9.59 Å². The molecule has 1 aliphatic carbocycles. The van der Waals surface area contributed by atoms with Gasteiger partial charge in [0.25, 0.3) is 0 Å². The Morgan fingerprint density at radius 2 is 1.71 bits per heavy atom. The fourth-order valence-corrected chi connectivity index (χ4v) is 5.86. The average Bonchev–Trinajstić information content (AvgIpc) is 2.89. The van der Waals surface area contributed by atoms with Crippen molar-refractivity contribution in [2.45, 2.75) is 122 Å². The van der Waals surface area contributed by atoms with Crippen LogP contribution in [0, 0.1) is 0 Å². The molecule has 0 bridgehead atoms. The van der Waals surface area contributed by atoms with Crippen LogP contribution in [0.25, 0.3) is 0 Å². The number of ether oxygens (including phenoxy) is 3. The van der Waals surface area contributed by atoms with Crippen LogP contribution in [0.5, 0.6) is 0 Å². The molecule has 1 saturated carbocycles. The summed E-state index contributed by atoms with van der Waals surface area (Å²) >= 11 is 0. The third kappa shape index (κ3) is 5.82. The van der Waals surface area contributed by atoms with Gasteiger partial charge >= 0.3 is 12.1 Å². The van der Waals surface area contributed by atoms with Crippen LogP contribution in [-0.4, -0.2) is 62.5 Å². The lowest BCUT2D eigenvalue weighted by Gasteiger charge is -2.43. The first kappa shape index (κ1) is 26.1. The van der Waals surface area contributed by atoms with Crippen molar-refractivity contribution in [3.8, 4) is 0 Å². The molecule has 2 aliphatic rings. The topological polar surface area (TPSA) is 74.3 Å². The molecule has 180 valence electrons. The van der Waals surface area contributed by atoms with Gasteiger partial charge in [0.05, 0.1) is 19.3 Å². The molecule has 7 nitrogen and oxygen atoms in total. The lowest BCUT2D eigenvalue weighted by atomic mass is 9.89. The van der Waals surface area contributed by atoms with Gasteiger partial charge in [-0.2, -0.15) is 0 Å². The van der Waals surface area contributed by atoms with Crippen LogP contribution in [-0.2, 0) is 23.4 Å². The summed E-state index contributed by atoms with van der Waals surface area (Å²) in [5.41, 5.74) is -1.14. The minimum absolute atomic E-state index is 0.0446. The Labute approximate surface area is 189 Å². The maximum absolute atomic E-state index is 13.4. The number of nitrogens with zero attached hydrogens (tertiary/aromatic N) is 1. The number of hydrogen-bond donors (Lipinski definition) is 0. The van der Waals surface area contributed by atoms with E-state index in [1.54, 1.807) is 4.90 Å². The van der Waals surface area contributed by atoms with Crippen molar-refractivity contribution in [2.75, 3.05) is 13.7 Å². The van der Waals surface area contributed by atoms with E-state index in [0.717, 1.165) is 32.1 Å². The van der Waals surface area contributed by atoms with E-state index in [1.807, 2.05) is 20.8 Å². The molecule has 0 aromatic heterocycles.